The summed E-state index contributed by atoms with van der Waals surface area (Å²) >= 11 is 1.79. The Hall–Kier alpha value is -0.970. The molecular weight excluding hydrogens is 242 g/mol. The topological polar surface area (TPSA) is 42.1 Å². The second-order valence-corrected chi connectivity index (χ2v) is 6.21. The van der Waals surface area contributed by atoms with Crippen molar-refractivity contribution in [3.63, 3.8) is 0 Å². The molecular formula is C14H21N3S. The molecule has 2 aromatic rings. The number of hydrogen-bond acceptors (Lipinski definition) is 4. The van der Waals surface area contributed by atoms with E-state index in [-0.39, 0.29) is 6.04 Å². The number of rotatable bonds is 4. The van der Waals surface area contributed by atoms with Crippen LogP contribution in [0.5, 0.6) is 0 Å². The third kappa shape index (κ3) is 2.55. The smallest absolute Gasteiger partial charge is 0.0963 e. The van der Waals surface area contributed by atoms with Gasteiger partial charge in [-0.2, -0.15) is 0 Å². The molecule has 18 heavy (non-hydrogen) atoms. The first-order valence-corrected chi connectivity index (χ1v) is 7.11. The van der Waals surface area contributed by atoms with E-state index in [9.17, 15) is 0 Å². The predicted molar refractivity (Wildman–Crippen MR) is 79.2 cm³/mol. The molecule has 2 N–H and O–H groups in total. The van der Waals surface area contributed by atoms with Crippen LogP contribution in [0, 0.1) is 0 Å². The van der Waals surface area contributed by atoms with Crippen LogP contribution in [0.3, 0.4) is 0 Å². The monoisotopic (exact) mass is 263 g/mol. The van der Waals surface area contributed by atoms with Gasteiger partial charge in [0.15, 0.2) is 0 Å². The molecule has 0 aliphatic rings. The molecule has 1 heterocycles. The Kier molecular flexibility index (Phi) is 4.00. The zero-order chi connectivity index (χ0) is 13.3. The molecule has 0 aliphatic carbocycles. The number of nitrogens with two attached hydrogens (primary N) is 1. The van der Waals surface area contributed by atoms with Crippen LogP contribution in [-0.4, -0.2) is 30.5 Å². The molecule has 0 saturated heterocycles. The summed E-state index contributed by atoms with van der Waals surface area (Å²) in [6, 6.07) is 6.77. The number of thiazole rings is 1. The third-order valence-electron chi connectivity index (χ3n) is 3.15. The highest BCUT2D eigenvalue weighted by Crippen LogP contribution is 2.29. The van der Waals surface area contributed by atoms with Crippen molar-refractivity contribution in [2.45, 2.75) is 25.8 Å². The molecule has 1 atom stereocenters. The summed E-state index contributed by atoms with van der Waals surface area (Å²) in [6.07, 6.45) is 0. The van der Waals surface area contributed by atoms with Crippen LogP contribution in [0.2, 0.25) is 0 Å². The Morgan fingerprint density at radius 2 is 2.06 bits per heavy atom. The van der Waals surface area contributed by atoms with Crippen LogP contribution in [0.4, 0.5) is 0 Å². The van der Waals surface area contributed by atoms with E-state index in [4.69, 9.17) is 10.7 Å². The fraction of sp³-hybridized carbons (Fsp3) is 0.500. The van der Waals surface area contributed by atoms with Crippen molar-refractivity contribution in [2.75, 3.05) is 20.6 Å². The average Bonchev–Trinajstić information content (AvgIpc) is 2.72. The van der Waals surface area contributed by atoms with Crippen molar-refractivity contribution < 1.29 is 0 Å². The fourth-order valence-electron chi connectivity index (χ4n) is 2.06. The normalized spacial score (nSPS) is 13.7. The van der Waals surface area contributed by atoms with Crippen molar-refractivity contribution >= 4 is 21.6 Å². The van der Waals surface area contributed by atoms with Gasteiger partial charge >= 0.3 is 0 Å². The summed E-state index contributed by atoms with van der Waals surface area (Å²) in [5.74, 6) is 0.491. The number of benzene rings is 1. The first-order valence-electron chi connectivity index (χ1n) is 6.29. The summed E-state index contributed by atoms with van der Waals surface area (Å²) < 4.78 is 1.26. The van der Waals surface area contributed by atoms with E-state index in [0.29, 0.717) is 12.5 Å². The minimum Gasteiger partial charge on any atom is -0.329 e. The van der Waals surface area contributed by atoms with Crippen LogP contribution >= 0.6 is 11.3 Å². The van der Waals surface area contributed by atoms with Gasteiger partial charge in [0.2, 0.25) is 0 Å². The lowest BCUT2D eigenvalue weighted by molar-refractivity contribution is 0.306. The van der Waals surface area contributed by atoms with Crippen LogP contribution < -0.4 is 5.73 Å². The van der Waals surface area contributed by atoms with Gasteiger partial charge in [-0.1, -0.05) is 19.9 Å². The van der Waals surface area contributed by atoms with Crippen molar-refractivity contribution in [3.8, 4) is 0 Å². The summed E-state index contributed by atoms with van der Waals surface area (Å²) in [5.41, 5.74) is 8.19. The van der Waals surface area contributed by atoms with Crippen molar-refractivity contribution in [1.29, 1.82) is 0 Å². The molecule has 0 saturated carbocycles. The molecule has 1 aromatic heterocycles. The van der Waals surface area contributed by atoms with Gasteiger partial charge in [-0.3, -0.25) is 0 Å². The maximum Gasteiger partial charge on any atom is 0.0963 e. The maximum absolute atomic E-state index is 5.84. The number of fused-ring (bicyclic) bond motifs is 1. The van der Waals surface area contributed by atoms with Gasteiger partial charge in [-0.15, -0.1) is 11.3 Å². The van der Waals surface area contributed by atoms with E-state index in [1.54, 1.807) is 11.3 Å². The maximum atomic E-state index is 5.84. The minimum atomic E-state index is 0.263. The Labute approximate surface area is 113 Å². The van der Waals surface area contributed by atoms with Crippen LogP contribution in [0.15, 0.2) is 18.2 Å². The third-order valence-corrected chi connectivity index (χ3v) is 4.49. The number of likely N-dealkylation sites (N-methyl/N-ethyl adjacent to an activating group) is 1. The molecule has 1 aromatic carbocycles. The lowest BCUT2D eigenvalue weighted by atomic mass is 10.1. The highest BCUT2D eigenvalue weighted by Gasteiger charge is 2.14. The van der Waals surface area contributed by atoms with Crippen molar-refractivity contribution in [2.24, 2.45) is 5.73 Å². The first-order chi connectivity index (χ1) is 8.52. The van der Waals surface area contributed by atoms with Crippen molar-refractivity contribution in [1.82, 2.24) is 9.88 Å². The Bertz CT molecular complexity index is 531. The van der Waals surface area contributed by atoms with Gasteiger partial charge in [-0.05, 0) is 31.8 Å². The van der Waals surface area contributed by atoms with Crippen molar-refractivity contribution in [3.05, 3.63) is 28.8 Å². The number of aromatic nitrogens is 1. The zero-order valence-corrected chi connectivity index (χ0v) is 12.3. The molecule has 0 radical (unpaired) electrons. The van der Waals surface area contributed by atoms with E-state index >= 15 is 0 Å². The standard InChI is InChI=1S/C14H21N3S/c1-9(2)14-16-11-7-10(5-6-13(11)18-14)12(8-15)17(3)4/h5-7,9,12H,8,15H2,1-4H3. The van der Waals surface area contributed by atoms with Crippen LogP contribution in [0.25, 0.3) is 10.2 Å². The van der Waals surface area contributed by atoms with E-state index < -0.39 is 0 Å². The highest BCUT2D eigenvalue weighted by molar-refractivity contribution is 7.18. The fourth-order valence-corrected chi connectivity index (χ4v) is 3.01. The van der Waals surface area contributed by atoms with E-state index in [1.807, 2.05) is 0 Å². The van der Waals surface area contributed by atoms with Gasteiger partial charge in [0.05, 0.1) is 15.2 Å². The number of nitrogens with zero attached hydrogens (tertiary/aromatic N) is 2. The van der Waals surface area contributed by atoms with Gasteiger partial charge in [0.25, 0.3) is 0 Å². The molecule has 0 aliphatic heterocycles. The van der Waals surface area contributed by atoms with Gasteiger partial charge in [0, 0.05) is 18.5 Å². The number of hydrogen-bond donors (Lipinski definition) is 1. The Morgan fingerprint density at radius 1 is 1.33 bits per heavy atom. The summed E-state index contributed by atoms with van der Waals surface area (Å²) in [4.78, 5) is 6.86. The summed E-state index contributed by atoms with van der Waals surface area (Å²) in [6.45, 7) is 4.99. The van der Waals surface area contributed by atoms with Gasteiger partial charge < -0.3 is 10.6 Å². The molecule has 3 nitrogen and oxygen atoms in total. The molecule has 0 fully saturated rings. The van der Waals surface area contributed by atoms with E-state index in [2.05, 4.69) is 51.0 Å². The molecule has 0 spiro atoms. The molecule has 1 unspecified atom stereocenters. The molecule has 2 rings (SSSR count). The van der Waals surface area contributed by atoms with Gasteiger partial charge in [-0.25, -0.2) is 4.98 Å². The first kappa shape index (κ1) is 13.5. The van der Waals surface area contributed by atoms with Gasteiger partial charge in [0.1, 0.15) is 0 Å². The lowest BCUT2D eigenvalue weighted by Crippen LogP contribution is -2.27. The highest BCUT2D eigenvalue weighted by atomic mass is 32.1. The quantitative estimate of drug-likeness (QED) is 0.922. The largest absolute Gasteiger partial charge is 0.329 e. The predicted octanol–water partition coefficient (Wildman–Crippen LogP) is 2.98. The molecule has 4 heteroatoms. The zero-order valence-electron chi connectivity index (χ0n) is 11.5. The SMILES string of the molecule is CC(C)c1nc2cc(C(CN)N(C)C)ccc2s1. The van der Waals surface area contributed by atoms with E-state index in [1.165, 1.54) is 15.3 Å². The Balaban J connectivity index is 2.43. The summed E-state index contributed by atoms with van der Waals surface area (Å²) in [7, 11) is 4.12. The molecule has 0 bridgehead atoms. The van der Waals surface area contributed by atoms with Crippen LogP contribution in [-0.2, 0) is 0 Å². The summed E-state index contributed by atoms with van der Waals surface area (Å²) in [5, 5.41) is 1.20. The lowest BCUT2D eigenvalue weighted by Gasteiger charge is -2.22. The molecule has 0 amide bonds. The van der Waals surface area contributed by atoms with E-state index in [0.717, 1.165) is 5.52 Å². The van der Waals surface area contributed by atoms with Crippen LogP contribution in [0.1, 0.15) is 36.4 Å². The Morgan fingerprint density at radius 3 is 2.61 bits per heavy atom. The second kappa shape index (κ2) is 5.34. The minimum absolute atomic E-state index is 0.263. The molecule has 98 valence electrons. The second-order valence-electron chi connectivity index (χ2n) is 5.15. The average molecular weight is 263 g/mol.